The molecule has 0 atom stereocenters. The largest absolute Gasteiger partial charge is 0.489 e. The Kier molecular flexibility index (Phi) is 4.50. The molecule has 4 heteroatoms. The van der Waals surface area contributed by atoms with Gasteiger partial charge in [0, 0.05) is 5.56 Å². The molecule has 102 valence electrons. The Morgan fingerprint density at radius 2 is 1.85 bits per heavy atom. The van der Waals surface area contributed by atoms with Crippen LogP contribution in [0.1, 0.15) is 21.5 Å². The van der Waals surface area contributed by atoms with E-state index in [0.29, 0.717) is 11.3 Å². The predicted octanol–water partition coefficient (Wildman–Crippen LogP) is 2.71. The summed E-state index contributed by atoms with van der Waals surface area (Å²) in [6.07, 6.45) is 0.721. The van der Waals surface area contributed by atoms with E-state index in [1.807, 2.05) is 12.1 Å². The fourth-order valence-electron chi connectivity index (χ4n) is 1.87. The average molecular weight is 270 g/mol. The molecular weight excluding hydrogens is 256 g/mol. The maximum Gasteiger partial charge on any atom is 0.307 e. The lowest BCUT2D eigenvalue weighted by Gasteiger charge is -2.10. The van der Waals surface area contributed by atoms with Gasteiger partial charge in [0.1, 0.15) is 18.6 Å². The third kappa shape index (κ3) is 3.68. The Labute approximate surface area is 116 Å². The fourth-order valence-corrected chi connectivity index (χ4v) is 1.87. The molecule has 0 saturated carbocycles. The fraction of sp³-hybridized carbons (Fsp3) is 0.125. The van der Waals surface area contributed by atoms with Crippen LogP contribution in [0.5, 0.6) is 5.75 Å². The Morgan fingerprint density at radius 3 is 2.55 bits per heavy atom. The minimum Gasteiger partial charge on any atom is -0.489 e. The lowest BCUT2D eigenvalue weighted by molar-refractivity contribution is -0.136. The van der Waals surface area contributed by atoms with Crippen molar-refractivity contribution in [2.24, 2.45) is 0 Å². The predicted molar refractivity (Wildman–Crippen MR) is 73.9 cm³/mol. The van der Waals surface area contributed by atoms with Gasteiger partial charge >= 0.3 is 5.97 Å². The molecule has 0 bridgehead atoms. The summed E-state index contributed by atoms with van der Waals surface area (Å²) in [5, 5.41) is 8.87. The number of hydrogen-bond donors (Lipinski definition) is 1. The van der Waals surface area contributed by atoms with Crippen molar-refractivity contribution >= 4 is 12.3 Å². The van der Waals surface area contributed by atoms with Crippen molar-refractivity contribution in [3.05, 3.63) is 65.2 Å². The quantitative estimate of drug-likeness (QED) is 0.820. The molecule has 20 heavy (non-hydrogen) atoms. The van der Waals surface area contributed by atoms with Crippen LogP contribution in [0.15, 0.2) is 48.5 Å². The molecule has 0 fully saturated rings. The molecule has 0 radical (unpaired) electrons. The molecule has 0 spiro atoms. The lowest BCUT2D eigenvalue weighted by Crippen LogP contribution is -2.05. The maximum absolute atomic E-state index is 10.8. The van der Waals surface area contributed by atoms with Gasteiger partial charge in [-0.25, -0.2) is 0 Å². The number of carbonyl (C=O) groups is 2. The second-order valence-corrected chi connectivity index (χ2v) is 4.32. The van der Waals surface area contributed by atoms with Crippen molar-refractivity contribution in [3.8, 4) is 5.75 Å². The van der Waals surface area contributed by atoms with Crippen molar-refractivity contribution in [1.29, 1.82) is 0 Å². The van der Waals surface area contributed by atoms with Crippen molar-refractivity contribution < 1.29 is 19.4 Å². The summed E-state index contributed by atoms with van der Waals surface area (Å²) in [4.78, 5) is 21.5. The molecule has 0 unspecified atom stereocenters. The first-order chi connectivity index (χ1) is 9.69. The van der Waals surface area contributed by atoms with Crippen LogP contribution in [0, 0.1) is 0 Å². The number of aldehydes is 1. The second kappa shape index (κ2) is 6.52. The number of carboxylic acid groups (broad SMARTS) is 1. The Balaban J connectivity index is 2.10. The van der Waals surface area contributed by atoms with E-state index >= 15 is 0 Å². The summed E-state index contributed by atoms with van der Waals surface area (Å²) in [7, 11) is 0. The van der Waals surface area contributed by atoms with Gasteiger partial charge in [0.25, 0.3) is 0 Å². The highest BCUT2D eigenvalue weighted by Crippen LogP contribution is 2.16. The van der Waals surface area contributed by atoms with Gasteiger partial charge in [0.2, 0.25) is 0 Å². The molecule has 2 rings (SSSR count). The number of carboxylic acids is 1. The van der Waals surface area contributed by atoms with Gasteiger partial charge in [-0.2, -0.15) is 0 Å². The smallest absolute Gasteiger partial charge is 0.307 e. The van der Waals surface area contributed by atoms with E-state index in [2.05, 4.69) is 0 Å². The van der Waals surface area contributed by atoms with E-state index in [0.717, 1.165) is 17.4 Å². The summed E-state index contributed by atoms with van der Waals surface area (Å²) in [5.74, 6) is -0.292. The van der Waals surface area contributed by atoms with Crippen LogP contribution >= 0.6 is 0 Å². The van der Waals surface area contributed by atoms with Gasteiger partial charge in [-0.05, 0) is 23.3 Å². The molecule has 2 aromatic carbocycles. The summed E-state index contributed by atoms with van der Waals surface area (Å²) in [6, 6.07) is 14.1. The van der Waals surface area contributed by atoms with E-state index in [1.54, 1.807) is 36.4 Å². The normalized spacial score (nSPS) is 10.0. The number of ether oxygens (including phenoxy) is 1. The average Bonchev–Trinajstić information content (AvgIpc) is 2.46. The van der Waals surface area contributed by atoms with E-state index in [-0.39, 0.29) is 13.0 Å². The van der Waals surface area contributed by atoms with Crippen molar-refractivity contribution in [1.82, 2.24) is 0 Å². The third-order valence-electron chi connectivity index (χ3n) is 2.85. The van der Waals surface area contributed by atoms with E-state index < -0.39 is 5.97 Å². The maximum atomic E-state index is 10.8. The highest BCUT2D eigenvalue weighted by molar-refractivity contribution is 5.75. The standard InChI is InChI=1S/C16H14O4/c17-10-12-4-3-7-15(8-12)20-11-14-6-2-1-5-13(14)9-16(18)19/h1-8,10H,9,11H2,(H,18,19). The molecule has 0 aliphatic rings. The molecule has 0 aliphatic heterocycles. The number of rotatable bonds is 6. The van der Waals surface area contributed by atoms with Gasteiger partial charge in [-0.3, -0.25) is 9.59 Å². The molecule has 0 amide bonds. The SMILES string of the molecule is O=Cc1cccc(OCc2ccccc2CC(=O)O)c1. The lowest BCUT2D eigenvalue weighted by atomic mass is 10.1. The van der Waals surface area contributed by atoms with Crippen molar-refractivity contribution in [2.45, 2.75) is 13.0 Å². The topological polar surface area (TPSA) is 63.6 Å². The second-order valence-electron chi connectivity index (χ2n) is 4.32. The Hall–Kier alpha value is -2.62. The molecule has 2 aromatic rings. The number of benzene rings is 2. The molecular formula is C16H14O4. The van der Waals surface area contributed by atoms with Crippen LogP contribution in [-0.4, -0.2) is 17.4 Å². The van der Waals surface area contributed by atoms with Gasteiger partial charge in [0.15, 0.2) is 0 Å². The molecule has 1 N–H and O–H groups in total. The van der Waals surface area contributed by atoms with Crippen molar-refractivity contribution in [3.63, 3.8) is 0 Å². The summed E-state index contributed by atoms with van der Waals surface area (Å²) in [5.41, 5.74) is 2.10. The number of carbonyl (C=O) groups excluding carboxylic acids is 1. The van der Waals surface area contributed by atoms with Crippen LogP contribution < -0.4 is 4.74 Å². The minimum absolute atomic E-state index is 0.0338. The first kappa shape index (κ1) is 13.8. The molecule has 0 saturated heterocycles. The van der Waals surface area contributed by atoms with Gasteiger partial charge in [0.05, 0.1) is 6.42 Å². The molecule has 0 aliphatic carbocycles. The summed E-state index contributed by atoms with van der Waals surface area (Å²) >= 11 is 0. The first-order valence-corrected chi connectivity index (χ1v) is 6.15. The van der Waals surface area contributed by atoms with Crippen molar-refractivity contribution in [2.75, 3.05) is 0 Å². The van der Waals surface area contributed by atoms with Gasteiger partial charge in [-0.15, -0.1) is 0 Å². The van der Waals surface area contributed by atoms with Crippen LogP contribution in [0.4, 0.5) is 0 Å². The summed E-state index contributed by atoms with van der Waals surface area (Å²) in [6.45, 7) is 0.270. The zero-order chi connectivity index (χ0) is 14.4. The zero-order valence-corrected chi connectivity index (χ0v) is 10.8. The Bertz CT molecular complexity index is 619. The molecule has 0 heterocycles. The molecule has 0 aromatic heterocycles. The highest BCUT2D eigenvalue weighted by atomic mass is 16.5. The monoisotopic (exact) mass is 270 g/mol. The van der Waals surface area contributed by atoms with Gasteiger partial charge in [-0.1, -0.05) is 36.4 Å². The number of aliphatic carboxylic acids is 1. The van der Waals surface area contributed by atoms with E-state index in [1.165, 1.54) is 0 Å². The minimum atomic E-state index is -0.875. The first-order valence-electron chi connectivity index (χ1n) is 6.15. The zero-order valence-electron chi connectivity index (χ0n) is 10.8. The van der Waals surface area contributed by atoms with Crippen LogP contribution in [0.2, 0.25) is 0 Å². The molecule has 4 nitrogen and oxygen atoms in total. The van der Waals surface area contributed by atoms with Crippen LogP contribution in [0.3, 0.4) is 0 Å². The Morgan fingerprint density at radius 1 is 1.10 bits per heavy atom. The van der Waals surface area contributed by atoms with Gasteiger partial charge < -0.3 is 9.84 Å². The number of hydrogen-bond acceptors (Lipinski definition) is 3. The van der Waals surface area contributed by atoms with Crippen LogP contribution in [0.25, 0.3) is 0 Å². The highest BCUT2D eigenvalue weighted by Gasteiger charge is 2.07. The van der Waals surface area contributed by atoms with Crippen LogP contribution in [-0.2, 0) is 17.8 Å². The van der Waals surface area contributed by atoms with E-state index in [4.69, 9.17) is 9.84 Å². The van der Waals surface area contributed by atoms with E-state index in [9.17, 15) is 9.59 Å². The summed E-state index contributed by atoms with van der Waals surface area (Å²) < 4.78 is 5.60. The third-order valence-corrected chi connectivity index (χ3v) is 2.85.